The Balaban J connectivity index is 2.47. The van der Waals surface area contributed by atoms with E-state index >= 15 is 0 Å². The van der Waals surface area contributed by atoms with Crippen molar-refractivity contribution in [3.63, 3.8) is 0 Å². The number of benzene rings is 2. The monoisotopic (exact) mass is 326 g/mol. The summed E-state index contributed by atoms with van der Waals surface area (Å²) >= 11 is 1.04. The van der Waals surface area contributed by atoms with Crippen LogP contribution in [-0.2, 0) is 10.0 Å². The van der Waals surface area contributed by atoms with Crippen molar-refractivity contribution >= 4 is 27.5 Å². The highest BCUT2D eigenvalue weighted by molar-refractivity contribution is 7.99. The van der Waals surface area contributed by atoms with Crippen LogP contribution in [0.5, 0.6) is 5.75 Å². The minimum absolute atomic E-state index is 0.0313. The normalized spacial score (nSPS) is 11.3. The second-order valence-corrected chi connectivity index (χ2v) is 6.71. The molecule has 9 heteroatoms. The van der Waals surface area contributed by atoms with Gasteiger partial charge >= 0.3 is 0 Å². The fourth-order valence-corrected chi connectivity index (χ4v) is 3.07. The van der Waals surface area contributed by atoms with E-state index in [1.165, 1.54) is 24.3 Å². The molecule has 2 aromatic rings. The van der Waals surface area contributed by atoms with E-state index in [0.29, 0.717) is 4.90 Å². The zero-order chi connectivity index (χ0) is 15.6. The first-order valence-corrected chi connectivity index (χ1v) is 7.92. The molecule has 0 amide bonds. The molecule has 0 radical (unpaired) electrons. The number of phenolic OH excluding ortho intramolecular Hbond substituents is 1. The SMILES string of the molecule is NS(=O)(=O)c1ccc(Sc2cccc(O)c2)c([N+](=O)[O-])c1. The molecule has 0 atom stereocenters. The highest BCUT2D eigenvalue weighted by Crippen LogP contribution is 2.36. The molecule has 0 heterocycles. The zero-order valence-corrected chi connectivity index (χ0v) is 12.1. The van der Waals surface area contributed by atoms with Gasteiger partial charge in [-0.15, -0.1) is 0 Å². The van der Waals surface area contributed by atoms with Crippen molar-refractivity contribution in [1.29, 1.82) is 0 Å². The van der Waals surface area contributed by atoms with Gasteiger partial charge in [-0.05, 0) is 30.3 Å². The Kier molecular flexibility index (Phi) is 4.16. The van der Waals surface area contributed by atoms with Crippen LogP contribution in [-0.4, -0.2) is 18.4 Å². The lowest BCUT2D eigenvalue weighted by atomic mass is 10.3. The molecule has 0 aliphatic carbocycles. The number of sulfonamides is 1. The number of hydrogen-bond acceptors (Lipinski definition) is 6. The fraction of sp³-hybridized carbons (Fsp3) is 0. The van der Waals surface area contributed by atoms with Crippen molar-refractivity contribution < 1.29 is 18.4 Å². The number of primary sulfonamides is 1. The van der Waals surface area contributed by atoms with Crippen LogP contribution >= 0.6 is 11.8 Å². The summed E-state index contributed by atoms with van der Waals surface area (Å²) in [5.74, 6) is 0.0313. The number of nitrogens with zero attached hydrogens (tertiary/aromatic N) is 1. The number of phenols is 1. The summed E-state index contributed by atoms with van der Waals surface area (Å²) in [5, 5.41) is 25.4. The van der Waals surface area contributed by atoms with Gasteiger partial charge in [0.25, 0.3) is 5.69 Å². The van der Waals surface area contributed by atoms with E-state index in [0.717, 1.165) is 17.8 Å². The molecule has 2 aromatic carbocycles. The van der Waals surface area contributed by atoms with E-state index < -0.39 is 14.9 Å². The molecule has 0 saturated heterocycles. The minimum Gasteiger partial charge on any atom is -0.508 e. The number of nitro benzene ring substituents is 1. The molecule has 2 rings (SSSR count). The van der Waals surface area contributed by atoms with Crippen LogP contribution in [0.25, 0.3) is 0 Å². The summed E-state index contributed by atoms with van der Waals surface area (Å²) in [7, 11) is -4.01. The number of nitrogens with two attached hydrogens (primary N) is 1. The van der Waals surface area contributed by atoms with Gasteiger partial charge in [-0.25, -0.2) is 13.6 Å². The molecule has 3 N–H and O–H groups in total. The molecule has 110 valence electrons. The third-order valence-electron chi connectivity index (χ3n) is 2.50. The van der Waals surface area contributed by atoms with Gasteiger partial charge in [-0.3, -0.25) is 10.1 Å². The second-order valence-electron chi connectivity index (χ2n) is 4.03. The summed E-state index contributed by atoms with van der Waals surface area (Å²) in [6.45, 7) is 0. The Morgan fingerprint density at radius 2 is 1.90 bits per heavy atom. The lowest BCUT2D eigenvalue weighted by Gasteiger charge is -2.05. The predicted molar refractivity (Wildman–Crippen MR) is 76.7 cm³/mol. The van der Waals surface area contributed by atoms with Gasteiger partial charge in [0, 0.05) is 11.0 Å². The Labute approximate surface area is 124 Å². The smallest absolute Gasteiger partial charge is 0.284 e. The van der Waals surface area contributed by atoms with Crippen LogP contribution in [0.2, 0.25) is 0 Å². The highest BCUT2D eigenvalue weighted by atomic mass is 32.2. The first-order valence-electron chi connectivity index (χ1n) is 5.55. The van der Waals surface area contributed by atoms with E-state index in [1.54, 1.807) is 12.1 Å². The van der Waals surface area contributed by atoms with Crippen molar-refractivity contribution in [2.75, 3.05) is 0 Å². The number of nitro groups is 1. The van der Waals surface area contributed by atoms with Gasteiger partial charge in [0.1, 0.15) is 5.75 Å². The number of hydrogen-bond donors (Lipinski definition) is 2. The Morgan fingerprint density at radius 3 is 2.48 bits per heavy atom. The Hall–Kier alpha value is -2.10. The minimum atomic E-state index is -4.01. The molecule has 7 nitrogen and oxygen atoms in total. The van der Waals surface area contributed by atoms with Crippen LogP contribution in [0.4, 0.5) is 5.69 Å². The molecule has 0 spiro atoms. The molecule has 0 aromatic heterocycles. The summed E-state index contributed by atoms with van der Waals surface area (Å²) in [4.78, 5) is 10.9. The molecule has 0 aliphatic heterocycles. The van der Waals surface area contributed by atoms with Gasteiger partial charge in [0.2, 0.25) is 10.0 Å². The predicted octanol–water partition coefficient (Wildman–Crippen LogP) is 2.10. The molecule has 0 saturated carbocycles. The second kappa shape index (κ2) is 5.72. The maximum absolute atomic E-state index is 11.2. The van der Waals surface area contributed by atoms with Crippen LogP contribution in [0.3, 0.4) is 0 Å². The Morgan fingerprint density at radius 1 is 1.19 bits per heavy atom. The lowest BCUT2D eigenvalue weighted by Crippen LogP contribution is -2.12. The average molecular weight is 326 g/mol. The van der Waals surface area contributed by atoms with Crippen molar-refractivity contribution in [1.82, 2.24) is 0 Å². The fourth-order valence-electron chi connectivity index (χ4n) is 1.58. The first-order chi connectivity index (χ1) is 9.77. The topological polar surface area (TPSA) is 124 Å². The highest BCUT2D eigenvalue weighted by Gasteiger charge is 2.19. The van der Waals surface area contributed by atoms with Gasteiger partial charge in [0.05, 0.1) is 14.7 Å². The number of rotatable bonds is 4. The van der Waals surface area contributed by atoms with E-state index in [4.69, 9.17) is 5.14 Å². The van der Waals surface area contributed by atoms with E-state index in [-0.39, 0.29) is 21.2 Å². The third kappa shape index (κ3) is 3.72. The van der Waals surface area contributed by atoms with Crippen LogP contribution in [0.1, 0.15) is 0 Å². The Bertz CT molecular complexity index is 805. The number of aromatic hydroxyl groups is 1. The van der Waals surface area contributed by atoms with Crippen molar-refractivity contribution in [2.45, 2.75) is 14.7 Å². The quantitative estimate of drug-likeness (QED) is 0.655. The maximum Gasteiger partial charge on any atom is 0.284 e. The van der Waals surface area contributed by atoms with Crippen molar-refractivity contribution in [2.24, 2.45) is 5.14 Å². The van der Waals surface area contributed by atoms with Crippen molar-refractivity contribution in [3.8, 4) is 5.75 Å². The van der Waals surface area contributed by atoms with E-state index in [9.17, 15) is 23.6 Å². The molecular formula is C12H10N2O5S2. The average Bonchev–Trinajstić information content (AvgIpc) is 2.37. The summed E-state index contributed by atoms with van der Waals surface area (Å²) in [6, 6.07) is 9.62. The van der Waals surface area contributed by atoms with Crippen LogP contribution < -0.4 is 5.14 Å². The van der Waals surface area contributed by atoms with Gasteiger partial charge in [-0.2, -0.15) is 0 Å². The third-order valence-corrected chi connectivity index (χ3v) is 4.47. The maximum atomic E-state index is 11.2. The lowest BCUT2D eigenvalue weighted by molar-refractivity contribution is -0.388. The van der Waals surface area contributed by atoms with Crippen molar-refractivity contribution in [3.05, 3.63) is 52.6 Å². The summed E-state index contributed by atoms with van der Waals surface area (Å²) in [5.41, 5.74) is -0.366. The molecular weight excluding hydrogens is 316 g/mol. The largest absolute Gasteiger partial charge is 0.508 e. The van der Waals surface area contributed by atoms with Gasteiger partial charge in [0.15, 0.2) is 0 Å². The standard InChI is InChI=1S/C12H10N2O5S2/c13-21(18,19)10-4-5-12(11(7-10)14(16)17)20-9-3-1-2-8(15)6-9/h1-7,15H,(H2,13,18,19). The van der Waals surface area contributed by atoms with Crippen LogP contribution in [0, 0.1) is 10.1 Å². The van der Waals surface area contributed by atoms with Gasteiger partial charge < -0.3 is 5.11 Å². The van der Waals surface area contributed by atoms with E-state index in [2.05, 4.69) is 0 Å². The molecule has 21 heavy (non-hydrogen) atoms. The summed E-state index contributed by atoms with van der Waals surface area (Å²) < 4.78 is 22.5. The van der Waals surface area contributed by atoms with E-state index in [1.807, 2.05) is 0 Å². The zero-order valence-electron chi connectivity index (χ0n) is 10.5. The van der Waals surface area contributed by atoms with Gasteiger partial charge in [-0.1, -0.05) is 17.8 Å². The summed E-state index contributed by atoms with van der Waals surface area (Å²) in [6.07, 6.45) is 0. The van der Waals surface area contributed by atoms with Crippen LogP contribution in [0.15, 0.2) is 57.2 Å². The molecule has 0 fully saturated rings. The molecule has 0 unspecified atom stereocenters. The first kappa shape index (κ1) is 15.3. The molecule has 0 aliphatic rings. The molecule has 0 bridgehead atoms.